The van der Waals surface area contributed by atoms with Crippen LogP contribution in [0.5, 0.6) is 0 Å². The smallest absolute Gasteiger partial charge is 0.223 e. The largest absolute Gasteiger partial charge is 0.384 e. The molecule has 29 heavy (non-hydrogen) atoms. The van der Waals surface area contributed by atoms with Gasteiger partial charge in [-0.2, -0.15) is 0 Å². The number of likely N-dealkylation sites (tertiary alicyclic amines) is 2. The molecule has 0 aliphatic carbocycles. The van der Waals surface area contributed by atoms with E-state index in [4.69, 9.17) is 4.74 Å². The molecule has 2 aliphatic heterocycles. The number of benzene rings is 1. The number of aryl methyl sites for hydroxylation is 1. The zero-order valence-electron chi connectivity index (χ0n) is 17.1. The third-order valence-corrected chi connectivity index (χ3v) is 6.16. The number of imidazole rings is 1. The Balaban J connectivity index is 1.21. The summed E-state index contributed by atoms with van der Waals surface area (Å²) in [5.74, 6) is 2.12. The van der Waals surface area contributed by atoms with Crippen LogP contribution in [0.3, 0.4) is 0 Å². The Morgan fingerprint density at radius 3 is 2.79 bits per heavy atom. The highest BCUT2D eigenvalue weighted by Crippen LogP contribution is 2.24. The van der Waals surface area contributed by atoms with Crippen molar-refractivity contribution >= 4 is 22.8 Å². The minimum Gasteiger partial charge on any atom is -0.384 e. The van der Waals surface area contributed by atoms with Crippen LogP contribution in [0.4, 0.5) is 0 Å². The number of piperidine rings is 1. The van der Waals surface area contributed by atoms with E-state index in [0.29, 0.717) is 37.7 Å². The number of amides is 2. The van der Waals surface area contributed by atoms with E-state index in [0.717, 1.165) is 55.9 Å². The quantitative estimate of drug-likeness (QED) is 0.776. The summed E-state index contributed by atoms with van der Waals surface area (Å²) in [4.78, 5) is 36.6. The molecule has 1 aromatic carbocycles. The summed E-state index contributed by atoms with van der Waals surface area (Å²) in [6, 6.07) is 7.92. The van der Waals surface area contributed by atoms with Crippen molar-refractivity contribution in [3.05, 3.63) is 30.1 Å². The molecule has 2 amide bonds. The maximum atomic E-state index is 12.6. The van der Waals surface area contributed by atoms with Crippen molar-refractivity contribution < 1.29 is 14.3 Å². The fourth-order valence-corrected chi connectivity index (χ4v) is 4.56. The van der Waals surface area contributed by atoms with Crippen molar-refractivity contribution in [3.8, 4) is 0 Å². The molecule has 2 saturated heterocycles. The molecule has 1 aromatic heterocycles. The molecule has 0 radical (unpaired) electrons. The Bertz CT molecular complexity index is 824. The molecular weight excluding hydrogens is 368 g/mol. The number of carbonyl (C=O) groups excluding carboxylic acids is 2. The molecule has 156 valence electrons. The molecule has 2 aliphatic rings. The highest BCUT2D eigenvalue weighted by Gasteiger charge is 2.32. The van der Waals surface area contributed by atoms with E-state index in [1.54, 1.807) is 7.11 Å². The number of carbonyl (C=O) groups is 2. The predicted octanol–water partition coefficient (Wildman–Crippen LogP) is 2.23. The number of aromatic amines is 1. The molecule has 3 heterocycles. The van der Waals surface area contributed by atoms with Crippen molar-refractivity contribution in [2.24, 2.45) is 11.8 Å². The Morgan fingerprint density at radius 2 is 2.03 bits per heavy atom. The fraction of sp³-hybridized carbons (Fsp3) is 0.591. The zero-order valence-corrected chi connectivity index (χ0v) is 17.1. The number of nitrogens with one attached hydrogen (secondary N) is 1. The zero-order chi connectivity index (χ0) is 20.2. The van der Waals surface area contributed by atoms with Gasteiger partial charge in [0.05, 0.1) is 17.6 Å². The Labute approximate surface area is 171 Å². The van der Waals surface area contributed by atoms with Crippen molar-refractivity contribution in [1.29, 1.82) is 0 Å². The summed E-state index contributed by atoms with van der Waals surface area (Å²) >= 11 is 0. The summed E-state index contributed by atoms with van der Waals surface area (Å²) in [7, 11) is 1.69. The number of methoxy groups -OCH3 is 1. The predicted molar refractivity (Wildman–Crippen MR) is 110 cm³/mol. The number of hydrogen-bond donors (Lipinski definition) is 1. The number of aromatic nitrogens is 2. The molecule has 0 saturated carbocycles. The van der Waals surface area contributed by atoms with Crippen LogP contribution < -0.4 is 0 Å². The monoisotopic (exact) mass is 398 g/mol. The topological polar surface area (TPSA) is 78.5 Å². The highest BCUT2D eigenvalue weighted by molar-refractivity contribution is 5.79. The van der Waals surface area contributed by atoms with Gasteiger partial charge in [-0.1, -0.05) is 12.1 Å². The standard InChI is InChI=1S/C22H30N4O3/c1-29-15-17-12-22(28)26(14-17)13-16-8-10-25(11-9-16)21(27)7-6-20-23-18-4-2-3-5-19(18)24-20/h2-5,16-17H,6-15H2,1H3,(H,23,24). The van der Waals surface area contributed by atoms with Crippen molar-refractivity contribution in [2.75, 3.05) is 39.9 Å². The second-order valence-electron chi connectivity index (χ2n) is 8.35. The van der Waals surface area contributed by atoms with Crippen LogP contribution in [-0.4, -0.2) is 71.5 Å². The van der Waals surface area contributed by atoms with E-state index in [9.17, 15) is 9.59 Å². The van der Waals surface area contributed by atoms with E-state index in [1.165, 1.54) is 0 Å². The number of H-pyrrole nitrogens is 1. The van der Waals surface area contributed by atoms with E-state index in [1.807, 2.05) is 34.1 Å². The molecule has 4 rings (SSSR count). The van der Waals surface area contributed by atoms with Crippen molar-refractivity contribution in [3.63, 3.8) is 0 Å². The fourth-order valence-electron chi connectivity index (χ4n) is 4.56. The van der Waals surface area contributed by atoms with Crippen molar-refractivity contribution in [2.45, 2.75) is 32.1 Å². The molecule has 0 bridgehead atoms. The summed E-state index contributed by atoms with van der Waals surface area (Å²) in [5, 5.41) is 0. The van der Waals surface area contributed by atoms with Gasteiger partial charge in [0.1, 0.15) is 5.82 Å². The van der Waals surface area contributed by atoms with Crippen LogP contribution in [0, 0.1) is 11.8 Å². The Hall–Kier alpha value is -2.41. The molecule has 1 atom stereocenters. The van der Waals surface area contributed by atoms with Crippen molar-refractivity contribution in [1.82, 2.24) is 19.8 Å². The van der Waals surface area contributed by atoms with Gasteiger partial charge in [-0.15, -0.1) is 0 Å². The molecule has 1 N–H and O–H groups in total. The second kappa shape index (κ2) is 8.95. The van der Waals surface area contributed by atoms with E-state index < -0.39 is 0 Å². The first-order valence-corrected chi connectivity index (χ1v) is 10.6. The van der Waals surface area contributed by atoms with Crippen LogP contribution in [0.2, 0.25) is 0 Å². The average molecular weight is 399 g/mol. The second-order valence-corrected chi connectivity index (χ2v) is 8.35. The summed E-state index contributed by atoms with van der Waals surface area (Å²) in [6.07, 6.45) is 3.65. The van der Waals surface area contributed by atoms with Gasteiger partial charge in [0.25, 0.3) is 0 Å². The normalized spacial score (nSPS) is 20.7. The van der Waals surface area contributed by atoms with E-state index in [-0.39, 0.29) is 11.8 Å². The summed E-state index contributed by atoms with van der Waals surface area (Å²) in [6.45, 7) is 3.85. The van der Waals surface area contributed by atoms with Crippen LogP contribution in [0.15, 0.2) is 24.3 Å². The van der Waals surface area contributed by atoms with Gasteiger partial charge in [-0.25, -0.2) is 4.98 Å². The number of fused-ring (bicyclic) bond motifs is 1. The average Bonchev–Trinajstić information content (AvgIpc) is 3.30. The minimum absolute atomic E-state index is 0.196. The molecule has 2 aromatic rings. The van der Waals surface area contributed by atoms with Gasteiger partial charge in [0, 0.05) is 58.5 Å². The van der Waals surface area contributed by atoms with Gasteiger partial charge in [0.15, 0.2) is 0 Å². The van der Waals surface area contributed by atoms with Crippen LogP contribution >= 0.6 is 0 Å². The van der Waals surface area contributed by atoms with E-state index in [2.05, 4.69) is 9.97 Å². The lowest BCUT2D eigenvalue weighted by Gasteiger charge is -2.34. The number of nitrogens with zero attached hydrogens (tertiary/aromatic N) is 3. The van der Waals surface area contributed by atoms with Gasteiger partial charge in [0.2, 0.25) is 11.8 Å². The number of para-hydroxylation sites is 2. The first-order valence-electron chi connectivity index (χ1n) is 10.6. The maximum absolute atomic E-state index is 12.6. The lowest BCUT2D eigenvalue weighted by molar-refractivity contribution is -0.133. The molecule has 0 spiro atoms. The molecular formula is C22H30N4O3. The molecule has 7 nitrogen and oxygen atoms in total. The highest BCUT2D eigenvalue weighted by atomic mass is 16.5. The first kappa shape index (κ1) is 19.9. The Morgan fingerprint density at radius 1 is 1.24 bits per heavy atom. The van der Waals surface area contributed by atoms with Gasteiger partial charge < -0.3 is 19.5 Å². The molecule has 7 heteroatoms. The molecule has 2 fully saturated rings. The van der Waals surface area contributed by atoms with Crippen LogP contribution in [0.1, 0.15) is 31.5 Å². The molecule has 1 unspecified atom stereocenters. The lowest BCUT2D eigenvalue weighted by atomic mass is 9.96. The summed E-state index contributed by atoms with van der Waals surface area (Å²) in [5.41, 5.74) is 1.96. The Kier molecular flexibility index (Phi) is 6.13. The number of rotatable bonds is 7. The van der Waals surface area contributed by atoms with Gasteiger partial charge >= 0.3 is 0 Å². The number of ether oxygens (including phenoxy) is 1. The van der Waals surface area contributed by atoms with Crippen LogP contribution in [-0.2, 0) is 20.7 Å². The number of hydrogen-bond acceptors (Lipinski definition) is 4. The minimum atomic E-state index is 0.196. The maximum Gasteiger partial charge on any atom is 0.223 e. The third kappa shape index (κ3) is 4.78. The third-order valence-electron chi connectivity index (χ3n) is 6.16. The summed E-state index contributed by atoms with van der Waals surface area (Å²) < 4.78 is 5.20. The first-order chi connectivity index (χ1) is 14.1. The SMILES string of the molecule is COCC1CC(=O)N(CC2CCN(C(=O)CCc3nc4ccccc4[nH]3)CC2)C1. The van der Waals surface area contributed by atoms with E-state index >= 15 is 0 Å². The van der Waals surface area contributed by atoms with Crippen LogP contribution in [0.25, 0.3) is 11.0 Å². The van der Waals surface area contributed by atoms with Gasteiger partial charge in [-0.3, -0.25) is 9.59 Å². The lowest BCUT2D eigenvalue weighted by Crippen LogP contribution is -2.42. The van der Waals surface area contributed by atoms with Gasteiger partial charge in [-0.05, 0) is 30.9 Å².